The maximum atomic E-state index is 9.13. The smallest absolute Gasteiger partial charge is 0.0882 e. The first-order valence-corrected chi connectivity index (χ1v) is 10.6. The molecule has 0 aliphatic carbocycles. The largest absolute Gasteiger partial charge is 0.198 e. The van der Waals surface area contributed by atoms with Crippen molar-refractivity contribution >= 4 is 13.3 Å². The molecule has 2 aromatic carbocycles. The molecule has 2 aromatic rings. The van der Waals surface area contributed by atoms with Crippen LogP contribution in [-0.4, -0.2) is 8.07 Å². The Balaban J connectivity index is 2.47. The molecule has 0 heterocycles. The maximum absolute atomic E-state index is 9.13. The molecule has 0 bridgehead atoms. The summed E-state index contributed by atoms with van der Waals surface area (Å²) in [6, 6.07) is 23.9. The van der Waals surface area contributed by atoms with Crippen LogP contribution in [0.4, 0.5) is 0 Å². The molecule has 0 aromatic heterocycles. The zero-order valence-corrected chi connectivity index (χ0v) is 14.1. The van der Waals surface area contributed by atoms with Crippen LogP contribution in [-0.2, 0) is 0 Å². The van der Waals surface area contributed by atoms with E-state index in [-0.39, 0.29) is 0 Å². The lowest BCUT2D eigenvalue weighted by atomic mass is 9.98. The van der Waals surface area contributed by atoms with Crippen LogP contribution in [0.3, 0.4) is 0 Å². The van der Waals surface area contributed by atoms with Gasteiger partial charge in [-0.2, -0.15) is 5.26 Å². The van der Waals surface area contributed by atoms with Crippen molar-refractivity contribution in [3.63, 3.8) is 0 Å². The van der Waals surface area contributed by atoms with Gasteiger partial charge in [0.2, 0.25) is 0 Å². The van der Waals surface area contributed by atoms with Gasteiger partial charge in [-0.1, -0.05) is 85.9 Å². The molecule has 2 rings (SSSR count). The Morgan fingerprint density at radius 1 is 0.952 bits per heavy atom. The van der Waals surface area contributed by atoms with E-state index in [1.54, 1.807) is 0 Å². The first-order chi connectivity index (χ1) is 10.1. The molecular weight excluding hydrogens is 270 g/mol. The van der Waals surface area contributed by atoms with Crippen LogP contribution >= 0.6 is 0 Å². The monoisotopic (exact) mass is 293 g/mol. The Hall–Kier alpha value is -1.85. The van der Waals surface area contributed by atoms with Gasteiger partial charge >= 0.3 is 0 Å². The van der Waals surface area contributed by atoms with Crippen molar-refractivity contribution in [3.8, 4) is 6.07 Å². The Kier molecular flexibility index (Phi) is 4.98. The van der Waals surface area contributed by atoms with Crippen molar-refractivity contribution in [1.29, 1.82) is 5.26 Å². The summed E-state index contributed by atoms with van der Waals surface area (Å²) in [6.07, 6.45) is 0.614. The van der Waals surface area contributed by atoms with Crippen LogP contribution in [0.5, 0.6) is 0 Å². The van der Waals surface area contributed by atoms with Crippen LogP contribution in [0, 0.1) is 17.2 Å². The first kappa shape index (κ1) is 15.5. The Labute approximate surface area is 129 Å². The third-order valence-electron chi connectivity index (χ3n) is 4.44. The second kappa shape index (κ2) is 6.73. The fourth-order valence-corrected chi connectivity index (χ4v) is 7.40. The zero-order valence-electron chi connectivity index (χ0n) is 13.1. The fraction of sp³-hybridized carbons (Fsp3) is 0.316. The third kappa shape index (κ3) is 3.43. The Morgan fingerprint density at radius 2 is 1.48 bits per heavy atom. The van der Waals surface area contributed by atoms with E-state index in [0.717, 1.165) is 0 Å². The maximum Gasteiger partial charge on any atom is 0.0882 e. The predicted octanol–water partition coefficient (Wildman–Crippen LogP) is 4.47. The summed E-state index contributed by atoms with van der Waals surface area (Å²) in [7, 11) is -1.70. The second-order valence-electron chi connectivity index (χ2n) is 6.32. The lowest BCUT2D eigenvalue weighted by Gasteiger charge is -2.37. The molecule has 21 heavy (non-hydrogen) atoms. The minimum atomic E-state index is -1.70. The summed E-state index contributed by atoms with van der Waals surface area (Å²) >= 11 is 0. The lowest BCUT2D eigenvalue weighted by molar-refractivity contribution is 0.561. The van der Waals surface area contributed by atoms with E-state index < -0.39 is 8.07 Å². The highest BCUT2D eigenvalue weighted by molar-refractivity contribution is 6.91. The zero-order chi connectivity index (χ0) is 15.3. The van der Waals surface area contributed by atoms with Gasteiger partial charge < -0.3 is 0 Å². The molecule has 0 N–H and O–H groups in total. The molecule has 2 atom stereocenters. The fourth-order valence-electron chi connectivity index (χ4n) is 3.43. The van der Waals surface area contributed by atoms with Crippen LogP contribution in [0.1, 0.15) is 24.4 Å². The van der Waals surface area contributed by atoms with Gasteiger partial charge in [0.15, 0.2) is 0 Å². The Morgan fingerprint density at radius 3 is 2.00 bits per heavy atom. The number of hydrogen-bond donors (Lipinski definition) is 0. The van der Waals surface area contributed by atoms with Gasteiger partial charge in [-0.25, -0.2) is 0 Å². The number of hydrogen-bond acceptors (Lipinski definition) is 1. The van der Waals surface area contributed by atoms with Gasteiger partial charge in [-0.15, -0.1) is 0 Å². The van der Waals surface area contributed by atoms with Gasteiger partial charge in [-0.05, 0) is 17.0 Å². The van der Waals surface area contributed by atoms with E-state index in [0.29, 0.717) is 17.9 Å². The average molecular weight is 293 g/mol. The van der Waals surface area contributed by atoms with Gasteiger partial charge in [-0.3, -0.25) is 0 Å². The normalized spacial score (nSPS) is 14.2. The van der Waals surface area contributed by atoms with Crippen molar-refractivity contribution in [3.05, 3.63) is 66.2 Å². The number of benzene rings is 2. The summed E-state index contributed by atoms with van der Waals surface area (Å²) in [5.74, 6) is 0.374. The van der Waals surface area contributed by atoms with Crippen LogP contribution in [0.25, 0.3) is 0 Å². The van der Waals surface area contributed by atoms with Gasteiger partial charge in [0.25, 0.3) is 0 Å². The van der Waals surface area contributed by atoms with Crippen LogP contribution in [0.2, 0.25) is 13.1 Å². The quantitative estimate of drug-likeness (QED) is 0.746. The molecular formula is C19H23NSi. The summed E-state index contributed by atoms with van der Waals surface area (Å²) in [5.41, 5.74) is 1.83. The van der Waals surface area contributed by atoms with E-state index in [2.05, 4.69) is 86.8 Å². The predicted molar refractivity (Wildman–Crippen MR) is 92.1 cm³/mol. The minimum Gasteiger partial charge on any atom is -0.198 e. The molecule has 0 amide bonds. The van der Waals surface area contributed by atoms with Crippen LogP contribution in [0.15, 0.2) is 60.7 Å². The summed E-state index contributed by atoms with van der Waals surface area (Å²) in [6.45, 7) is 7.07. The minimum absolute atomic E-state index is 0.374. The summed E-state index contributed by atoms with van der Waals surface area (Å²) in [4.78, 5) is 0. The van der Waals surface area contributed by atoms with E-state index in [4.69, 9.17) is 5.26 Å². The topological polar surface area (TPSA) is 23.8 Å². The number of rotatable bonds is 5. The van der Waals surface area contributed by atoms with E-state index in [1.807, 2.05) is 0 Å². The van der Waals surface area contributed by atoms with E-state index in [9.17, 15) is 0 Å². The van der Waals surface area contributed by atoms with Crippen LogP contribution < -0.4 is 5.19 Å². The van der Waals surface area contributed by atoms with Gasteiger partial charge in [0.05, 0.1) is 14.1 Å². The molecule has 0 saturated carbocycles. The summed E-state index contributed by atoms with van der Waals surface area (Å²) in [5, 5.41) is 10.6. The highest BCUT2D eigenvalue weighted by Gasteiger charge is 2.37. The van der Waals surface area contributed by atoms with E-state index in [1.165, 1.54) is 10.8 Å². The SMILES string of the molecule is C[C@H](CC#N)[C@H](c1ccccc1)[Si](C)(C)c1ccccc1. The first-order valence-electron chi connectivity index (χ1n) is 7.54. The highest BCUT2D eigenvalue weighted by Crippen LogP contribution is 2.35. The van der Waals surface area contributed by atoms with Crippen molar-refractivity contribution in [2.24, 2.45) is 5.92 Å². The number of nitriles is 1. The molecule has 0 aliphatic rings. The summed E-state index contributed by atoms with van der Waals surface area (Å²) < 4.78 is 0. The standard InChI is InChI=1S/C19H23NSi/c1-16(14-15-20)19(17-10-6-4-7-11-17)21(2,3)18-12-8-5-9-13-18/h4-13,16,19H,14H2,1-3H3/t16-,19-/m1/s1. The van der Waals surface area contributed by atoms with Crippen molar-refractivity contribution < 1.29 is 0 Å². The Bertz CT molecular complexity index is 598. The average Bonchev–Trinajstić information content (AvgIpc) is 2.49. The van der Waals surface area contributed by atoms with Gasteiger partial charge in [0.1, 0.15) is 0 Å². The molecule has 0 spiro atoms. The molecule has 1 nitrogen and oxygen atoms in total. The molecule has 0 aliphatic heterocycles. The highest BCUT2D eigenvalue weighted by atomic mass is 28.3. The second-order valence-corrected chi connectivity index (χ2v) is 11.0. The van der Waals surface area contributed by atoms with Crippen molar-refractivity contribution in [2.75, 3.05) is 0 Å². The molecule has 0 fully saturated rings. The van der Waals surface area contributed by atoms with Gasteiger partial charge in [0, 0.05) is 6.42 Å². The van der Waals surface area contributed by atoms with E-state index >= 15 is 0 Å². The van der Waals surface area contributed by atoms with Crippen molar-refractivity contribution in [1.82, 2.24) is 0 Å². The molecule has 108 valence electrons. The molecule has 0 saturated heterocycles. The molecule has 0 unspecified atom stereocenters. The number of nitrogens with zero attached hydrogens (tertiary/aromatic N) is 1. The molecule has 0 radical (unpaired) electrons. The third-order valence-corrected chi connectivity index (χ3v) is 8.72. The van der Waals surface area contributed by atoms with Crippen molar-refractivity contribution in [2.45, 2.75) is 32.0 Å². The molecule has 2 heteroatoms. The lowest BCUT2D eigenvalue weighted by Crippen LogP contribution is -2.49.